The molecule has 0 spiro atoms. The van der Waals surface area contributed by atoms with Crippen LogP contribution in [0.3, 0.4) is 0 Å². The summed E-state index contributed by atoms with van der Waals surface area (Å²) >= 11 is 5.81. The molecule has 0 fully saturated rings. The highest BCUT2D eigenvalue weighted by molar-refractivity contribution is 6.30. The van der Waals surface area contributed by atoms with Crippen molar-refractivity contribution in [1.82, 2.24) is 4.98 Å². The van der Waals surface area contributed by atoms with Crippen LogP contribution in [0.25, 0.3) is 4.85 Å². The highest BCUT2D eigenvalue weighted by Crippen LogP contribution is 2.25. The number of aromatic nitrogens is 1. The number of rotatable bonds is 2. The van der Waals surface area contributed by atoms with Crippen LogP contribution in [0.1, 0.15) is 17.3 Å². The molecule has 0 bridgehead atoms. The topological polar surface area (TPSA) is 17.2 Å². The fourth-order valence-electron chi connectivity index (χ4n) is 1.49. The van der Waals surface area contributed by atoms with Crippen molar-refractivity contribution in [2.75, 3.05) is 0 Å². The van der Waals surface area contributed by atoms with E-state index >= 15 is 0 Å². The first kappa shape index (κ1) is 10.7. The summed E-state index contributed by atoms with van der Waals surface area (Å²) in [4.78, 5) is 7.80. The molecule has 1 unspecified atom stereocenters. The average Bonchev–Trinajstić information content (AvgIpc) is 2.34. The van der Waals surface area contributed by atoms with Crippen molar-refractivity contribution >= 4 is 11.6 Å². The van der Waals surface area contributed by atoms with Gasteiger partial charge >= 0.3 is 0 Å². The summed E-state index contributed by atoms with van der Waals surface area (Å²) in [5.74, 6) is 0. The molecule has 0 saturated heterocycles. The Balaban J connectivity index is 2.38. The molecule has 1 aromatic heterocycles. The molecular formula is C13H9ClN2. The molecule has 0 N–H and O–H groups in total. The third kappa shape index (κ3) is 2.21. The van der Waals surface area contributed by atoms with E-state index in [0.717, 1.165) is 11.3 Å². The molecule has 1 heterocycles. The highest BCUT2D eigenvalue weighted by Gasteiger charge is 2.19. The molecule has 16 heavy (non-hydrogen) atoms. The molecule has 2 rings (SSSR count). The summed E-state index contributed by atoms with van der Waals surface area (Å²) in [6.45, 7) is 7.24. The van der Waals surface area contributed by atoms with Crippen LogP contribution in [0.2, 0.25) is 5.02 Å². The SMILES string of the molecule is [C-]#[N+]C(c1ccc(Cl)cc1)c1ccccn1. The van der Waals surface area contributed by atoms with Gasteiger partial charge in [0.2, 0.25) is 0 Å². The highest BCUT2D eigenvalue weighted by atomic mass is 35.5. The lowest BCUT2D eigenvalue weighted by Gasteiger charge is -2.04. The van der Waals surface area contributed by atoms with Crippen LogP contribution in [-0.4, -0.2) is 4.98 Å². The Hall–Kier alpha value is -1.85. The second kappa shape index (κ2) is 4.78. The largest absolute Gasteiger partial charge is 0.302 e. The maximum absolute atomic E-state index is 7.24. The Morgan fingerprint density at radius 3 is 2.44 bits per heavy atom. The second-order valence-corrected chi connectivity index (χ2v) is 3.77. The Labute approximate surface area is 99.3 Å². The molecular weight excluding hydrogens is 220 g/mol. The Kier molecular flexibility index (Phi) is 3.19. The maximum atomic E-state index is 7.24. The minimum absolute atomic E-state index is 0.349. The number of pyridine rings is 1. The van der Waals surface area contributed by atoms with Gasteiger partial charge in [-0.15, -0.1) is 0 Å². The second-order valence-electron chi connectivity index (χ2n) is 3.34. The van der Waals surface area contributed by atoms with Gasteiger partial charge in [-0.25, -0.2) is 6.57 Å². The first-order valence-corrected chi connectivity index (χ1v) is 5.22. The van der Waals surface area contributed by atoms with Crippen molar-refractivity contribution in [3.8, 4) is 0 Å². The molecule has 1 atom stereocenters. The van der Waals surface area contributed by atoms with Crippen molar-refractivity contribution in [3.63, 3.8) is 0 Å². The quantitative estimate of drug-likeness (QED) is 0.716. The molecule has 78 valence electrons. The van der Waals surface area contributed by atoms with Gasteiger partial charge in [-0.3, -0.25) is 4.98 Å². The van der Waals surface area contributed by atoms with E-state index in [9.17, 15) is 0 Å². The molecule has 0 aliphatic rings. The van der Waals surface area contributed by atoms with E-state index in [4.69, 9.17) is 18.2 Å². The maximum Gasteiger partial charge on any atom is 0.290 e. The van der Waals surface area contributed by atoms with Gasteiger partial charge < -0.3 is 4.85 Å². The molecule has 2 nitrogen and oxygen atoms in total. The molecule has 2 aromatic rings. The Morgan fingerprint density at radius 1 is 1.12 bits per heavy atom. The van der Waals surface area contributed by atoms with Crippen LogP contribution in [0, 0.1) is 6.57 Å². The monoisotopic (exact) mass is 228 g/mol. The summed E-state index contributed by atoms with van der Waals surface area (Å²) in [6, 6.07) is 12.5. The summed E-state index contributed by atoms with van der Waals surface area (Å²) < 4.78 is 0. The first-order valence-electron chi connectivity index (χ1n) is 4.84. The van der Waals surface area contributed by atoms with Gasteiger partial charge in [-0.1, -0.05) is 17.7 Å². The van der Waals surface area contributed by atoms with Crippen molar-refractivity contribution in [2.45, 2.75) is 6.04 Å². The van der Waals surface area contributed by atoms with Crippen molar-refractivity contribution in [3.05, 3.63) is 76.4 Å². The standard InChI is InChI=1S/C13H9ClN2/c1-15-13(12-4-2-3-9-16-12)10-5-7-11(14)8-6-10/h2-9,13H. The first-order chi connectivity index (χ1) is 7.81. The molecule has 0 saturated carbocycles. The Bertz CT molecular complexity index is 500. The lowest BCUT2D eigenvalue weighted by atomic mass is 10.0. The average molecular weight is 229 g/mol. The van der Waals surface area contributed by atoms with E-state index in [1.807, 2.05) is 30.3 Å². The predicted octanol–water partition coefficient (Wildman–Crippen LogP) is 3.74. The van der Waals surface area contributed by atoms with Gasteiger partial charge in [0, 0.05) is 16.8 Å². The lowest BCUT2D eigenvalue weighted by Crippen LogP contribution is -1.97. The third-order valence-electron chi connectivity index (χ3n) is 2.28. The van der Waals surface area contributed by atoms with Crippen LogP contribution >= 0.6 is 11.6 Å². The zero-order valence-corrected chi connectivity index (χ0v) is 9.22. The number of hydrogen-bond acceptors (Lipinski definition) is 1. The van der Waals surface area contributed by atoms with Crippen LogP contribution < -0.4 is 0 Å². The number of nitrogens with zero attached hydrogens (tertiary/aromatic N) is 2. The minimum atomic E-state index is -0.349. The van der Waals surface area contributed by atoms with Crippen LogP contribution in [-0.2, 0) is 0 Å². The van der Waals surface area contributed by atoms with E-state index in [2.05, 4.69) is 9.83 Å². The summed E-state index contributed by atoms with van der Waals surface area (Å²) in [6.07, 6.45) is 1.70. The van der Waals surface area contributed by atoms with E-state index in [0.29, 0.717) is 5.02 Å². The van der Waals surface area contributed by atoms with Gasteiger partial charge in [0.25, 0.3) is 6.04 Å². The van der Waals surface area contributed by atoms with Gasteiger partial charge in [0.1, 0.15) is 5.69 Å². The predicted molar refractivity (Wildman–Crippen MR) is 64.1 cm³/mol. The minimum Gasteiger partial charge on any atom is -0.302 e. The fourth-order valence-corrected chi connectivity index (χ4v) is 1.62. The summed E-state index contributed by atoms with van der Waals surface area (Å²) in [5.41, 5.74) is 1.68. The number of benzene rings is 1. The van der Waals surface area contributed by atoms with Crippen molar-refractivity contribution < 1.29 is 0 Å². The number of hydrogen-bond donors (Lipinski definition) is 0. The van der Waals surface area contributed by atoms with Gasteiger partial charge in [0.15, 0.2) is 0 Å². The van der Waals surface area contributed by atoms with Crippen molar-refractivity contribution in [1.29, 1.82) is 0 Å². The Morgan fingerprint density at radius 2 is 1.88 bits per heavy atom. The lowest BCUT2D eigenvalue weighted by molar-refractivity contribution is 0.950. The zero-order chi connectivity index (χ0) is 11.4. The molecule has 1 aromatic carbocycles. The van der Waals surface area contributed by atoms with Crippen LogP contribution in [0.4, 0.5) is 0 Å². The normalized spacial score (nSPS) is 11.8. The van der Waals surface area contributed by atoms with Crippen molar-refractivity contribution in [2.24, 2.45) is 0 Å². The summed E-state index contributed by atoms with van der Waals surface area (Å²) in [5, 5.41) is 0.675. The van der Waals surface area contributed by atoms with E-state index < -0.39 is 0 Å². The molecule has 0 amide bonds. The molecule has 0 aliphatic carbocycles. The van der Waals surface area contributed by atoms with E-state index in [1.54, 1.807) is 18.3 Å². The molecule has 3 heteroatoms. The smallest absolute Gasteiger partial charge is 0.290 e. The van der Waals surface area contributed by atoms with Gasteiger partial charge in [-0.05, 0) is 36.4 Å². The van der Waals surface area contributed by atoms with E-state index in [1.165, 1.54) is 0 Å². The fraction of sp³-hybridized carbons (Fsp3) is 0.0769. The molecule has 0 aliphatic heterocycles. The molecule has 0 radical (unpaired) electrons. The van der Waals surface area contributed by atoms with Crippen LogP contribution in [0.5, 0.6) is 0 Å². The zero-order valence-electron chi connectivity index (χ0n) is 8.47. The van der Waals surface area contributed by atoms with Gasteiger partial charge in [0.05, 0.1) is 0 Å². The van der Waals surface area contributed by atoms with Crippen LogP contribution in [0.15, 0.2) is 48.7 Å². The van der Waals surface area contributed by atoms with E-state index in [-0.39, 0.29) is 6.04 Å². The number of halogens is 1. The van der Waals surface area contributed by atoms with Gasteiger partial charge in [-0.2, -0.15) is 0 Å². The summed E-state index contributed by atoms with van der Waals surface area (Å²) in [7, 11) is 0. The third-order valence-corrected chi connectivity index (χ3v) is 2.53.